The Balaban J connectivity index is 2.24. The van der Waals surface area contributed by atoms with E-state index < -0.39 is 29.2 Å². The van der Waals surface area contributed by atoms with Crippen molar-refractivity contribution in [3.8, 4) is 0 Å². The van der Waals surface area contributed by atoms with Crippen LogP contribution in [0.4, 0.5) is 9.18 Å². The Morgan fingerprint density at radius 3 is 2.74 bits per heavy atom. The summed E-state index contributed by atoms with van der Waals surface area (Å²) in [5.74, 6) is -1.58. The number of hydrogen-bond acceptors (Lipinski definition) is 3. The van der Waals surface area contributed by atoms with Crippen molar-refractivity contribution in [1.29, 1.82) is 0 Å². The van der Waals surface area contributed by atoms with Gasteiger partial charge in [0.15, 0.2) is 0 Å². The number of rotatable bonds is 5. The molecule has 1 atom stereocenters. The standard InChI is InChI=1S/C15H17ClFN3O3/c1-3-6-18-12(21)8-20-13(22)15(2,19-14(20)23)10-5-4-9(17)7-11(10)16/h4-5,7H,3,6,8H2,1-2H3,(H,18,21)(H,19,23)/t15-/m1/s1. The highest BCUT2D eigenvalue weighted by Crippen LogP contribution is 2.33. The van der Waals surface area contributed by atoms with Crippen molar-refractivity contribution in [3.63, 3.8) is 0 Å². The largest absolute Gasteiger partial charge is 0.355 e. The van der Waals surface area contributed by atoms with Crippen LogP contribution in [0.15, 0.2) is 18.2 Å². The van der Waals surface area contributed by atoms with Gasteiger partial charge in [0.05, 0.1) is 0 Å². The Bertz CT molecular complexity index is 667. The van der Waals surface area contributed by atoms with Gasteiger partial charge in [-0.1, -0.05) is 24.6 Å². The van der Waals surface area contributed by atoms with Gasteiger partial charge in [-0.3, -0.25) is 14.5 Å². The van der Waals surface area contributed by atoms with Crippen LogP contribution in [0, 0.1) is 5.82 Å². The highest BCUT2D eigenvalue weighted by Gasteiger charge is 2.50. The molecular formula is C15H17ClFN3O3. The first kappa shape index (κ1) is 17.2. The fourth-order valence-corrected chi connectivity index (χ4v) is 2.74. The zero-order valence-corrected chi connectivity index (χ0v) is 13.5. The van der Waals surface area contributed by atoms with E-state index in [0.717, 1.165) is 23.5 Å². The number of benzene rings is 1. The molecule has 0 bridgehead atoms. The molecule has 1 aromatic carbocycles. The first-order chi connectivity index (χ1) is 10.8. The van der Waals surface area contributed by atoms with Crippen LogP contribution < -0.4 is 10.6 Å². The van der Waals surface area contributed by atoms with Crippen molar-refractivity contribution < 1.29 is 18.8 Å². The topological polar surface area (TPSA) is 78.5 Å². The molecule has 2 rings (SSSR count). The maximum Gasteiger partial charge on any atom is 0.325 e. The Kier molecular flexibility index (Phi) is 4.89. The zero-order valence-electron chi connectivity index (χ0n) is 12.8. The van der Waals surface area contributed by atoms with E-state index >= 15 is 0 Å². The van der Waals surface area contributed by atoms with Crippen molar-refractivity contribution in [2.45, 2.75) is 25.8 Å². The number of amides is 4. The summed E-state index contributed by atoms with van der Waals surface area (Å²) in [5, 5.41) is 5.14. The Hall–Kier alpha value is -2.15. The lowest BCUT2D eigenvalue weighted by molar-refractivity contribution is -0.134. The predicted molar refractivity (Wildman–Crippen MR) is 82.3 cm³/mol. The summed E-state index contributed by atoms with van der Waals surface area (Å²) in [7, 11) is 0. The van der Waals surface area contributed by atoms with Crippen molar-refractivity contribution in [1.82, 2.24) is 15.5 Å². The second-order valence-corrected chi connectivity index (χ2v) is 5.83. The summed E-state index contributed by atoms with van der Waals surface area (Å²) in [6.07, 6.45) is 0.745. The molecular weight excluding hydrogens is 325 g/mol. The van der Waals surface area contributed by atoms with Crippen molar-refractivity contribution in [3.05, 3.63) is 34.6 Å². The highest BCUT2D eigenvalue weighted by atomic mass is 35.5. The molecule has 4 amide bonds. The molecule has 0 aromatic heterocycles. The molecule has 1 aromatic rings. The molecule has 0 aliphatic carbocycles. The molecule has 0 radical (unpaired) electrons. The lowest BCUT2D eigenvalue weighted by Gasteiger charge is -2.23. The molecule has 23 heavy (non-hydrogen) atoms. The van der Waals surface area contributed by atoms with E-state index in [1.54, 1.807) is 0 Å². The molecule has 0 saturated carbocycles. The predicted octanol–water partition coefficient (Wildman–Crippen LogP) is 1.77. The van der Waals surface area contributed by atoms with Gasteiger partial charge in [0, 0.05) is 17.1 Å². The minimum absolute atomic E-state index is 0.0263. The average molecular weight is 342 g/mol. The van der Waals surface area contributed by atoms with Crippen LogP contribution in [-0.4, -0.2) is 35.8 Å². The third-order valence-electron chi connectivity index (χ3n) is 3.62. The summed E-state index contributed by atoms with van der Waals surface area (Å²) >= 11 is 5.99. The minimum Gasteiger partial charge on any atom is -0.355 e. The van der Waals surface area contributed by atoms with E-state index in [2.05, 4.69) is 10.6 Å². The molecule has 6 nitrogen and oxygen atoms in total. The monoisotopic (exact) mass is 341 g/mol. The second kappa shape index (κ2) is 6.54. The van der Waals surface area contributed by atoms with Crippen LogP contribution >= 0.6 is 11.6 Å². The Morgan fingerprint density at radius 1 is 1.43 bits per heavy atom. The van der Waals surface area contributed by atoms with Gasteiger partial charge in [0.2, 0.25) is 5.91 Å². The van der Waals surface area contributed by atoms with Gasteiger partial charge in [0.25, 0.3) is 5.91 Å². The van der Waals surface area contributed by atoms with E-state index in [1.807, 2.05) is 6.92 Å². The second-order valence-electron chi connectivity index (χ2n) is 5.42. The van der Waals surface area contributed by atoms with E-state index in [0.29, 0.717) is 6.54 Å². The average Bonchev–Trinajstić information content (AvgIpc) is 2.69. The lowest BCUT2D eigenvalue weighted by atomic mass is 9.92. The quantitative estimate of drug-likeness (QED) is 0.801. The van der Waals surface area contributed by atoms with E-state index in [1.165, 1.54) is 13.0 Å². The minimum atomic E-state index is -1.44. The molecule has 0 unspecified atom stereocenters. The number of imide groups is 1. The molecule has 1 saturated heterocycles. The number of nitrogens with zero attached hydrogens (tertiary/aromatic N) is 1. The van der Waals surface area contributed by atoms with Crippen LogP contribution in [0.5, 0.6) is 0 Å². The molecule has 1 aliphatic rings. The van der Waals surface area contributed by atoms with Gasteiger partial charge in [-0.05, 0) is 25.5 Å². The van der Waals surface area contributed by atoms with Gasteiger partial charge >= 0.3 is 6.03 Å². The fraction of sp³-hybridized carbons (Fsp3) is 0.400. The fourth-order valence-electron chi connectivity index (χ4n) is 2.38. The van der Waals surface area contributed by atoms with Crippen LogP contribution in [-0.2, 0) is 15.1 Å². The first-order valence-corrected chi connectivity index (χ1v) is 7.53. The first-order valence-electron chi connectivity index (χ1n) is 7.16. The summed E-state index contributed by atoms with van der Waals surface area (Å²) in [6, 6.07) is 2.88. The number of halogens is 2. The van der Waals surface area contributed by atoms with Crippen molar-refractivity contribution >= 4 is 29.4 Å². The van der Waals surface area contributed by atoms with Crippen LogP contribution in [0.2, 0.25) is 5.02 Å². The van der Waals surface area contributed by atoms with E-state index in [9.17, 15) is 18.8 Å². The van der Waals surface area contributed by atoms with E-state index in [4.69, 9.17) is 11.6 Å². The lowest BCUT2D eigenvalue weighted by Crippen LogP contribution is -2.43. The summed E-state index contributed by atoms with van der Waals surface area (Å²) in [6.45, 7) is 3.44. The van der Waals surface area contributed by atoms with Gasteiger partial charge < -0.3 is 10.6 Å². The summed E-state index contributed by atoms with van der Waals surface area (Å²) in [4.78, 5) is 37.2. The number of nitrogens with one attached hydrogen (secondary N) is 2. The molecule has 1 fully saturated rings. The van der Waals surface area contributed by atoms with Crippen molar-refractivity contribution in [2.75, 3.05) is 13.1 Å². The normalized spacial score (nSPS) is 20.6. The Morgan fingerprint density at radius 2 is 2.13 bits per heavy atom. The summed E-state index contributed by atoms with van der Waals surface area (Å²) < 4.78 is 13.2. The number of urea groups is 1. The third kappa shape index (κ3) is 3.29. The van der Waals surface area contributed by atoms with Crippen molar-refractivity contribution in [2.24, 2.45) is 0 Å². The highest BCUT2D eigenvalue weighted by molar-refractivity contribution is 6.32. The van der Waals surface area contributed by atoms with Gasteiger partial charge in [-0.25, -0.2) is 9.18 Å². The zero-order chi connectivity index (χ0) is 17.2. The molecule has 2 N–H and O–H groups in total. The van der Waals surface area contributed by atoms with Gasteiger partial charge in [-0.15, -0.1) is 0 Å². The third-order valence-corrected chi connectivity index (χ3v) is 3.93. The van der Waals surface area contributed by atoms with E-state index in [-0.39, 0.29) is 17.1 Å². The SMILES string of the molecule is CCCNC(=O)CN1C(=O)N[C@](C)(c2ccc(F)cc2Cl)C1=O. The maximum atomic E-state index is 13.2. The smallest absolute Gasteiger partial charge is 0.325 e. The van der Waals surface area contributed by atoms with Gasteiger partial charge in [-0.2, -0.15) is 0 Å². The number of hydrogen-bond donors (Lipinski definition) is 2. The van der Waals surface area contributed by atoms with Crippen LogP contribution in [0.3, 0.4) is 0 Å². The van der Waals surface area contributed by atoms with Gasteiger partial charge in [0.1, 0.15) is 17.9 Å². The molecule has 124 valence electrons. The number of carbonyl (C=O) groups excluding carboxylic acids is 3. The molecule has 1 aliphatic heterocycles. The molecule has 1 heterocycles. The van der Waals surface area contributed by atoms with Crippen LogP contribution in [0.25, 0.3) is 0 Å². The summed E-state index contributed by atoms with van der Waals surface area (Å²) in [5.41, 5.74) is -1.16. The van der Waals surface area contributed by atoms with Crippen LogP contribution in [0.1, 0.15) is 25.8 Å². The molecule has 8 heteroatoms. The maximum absolute atomic E-state index is 13.2. The number of carbonyl (C=O) groups is 3. The Labute approximate surface area is 138 Å². The molecule has 0 spiro atoms.